The molecule has 1 heterocycles. The number of likely N-dealkylation sites (N-methyl/N-ethyl adjacent to an activating group) is 1. The summed E-state index contributed by atoms with van der Waals surface area (Å²) in [6.07, 6.45) is 2.84. The minimum absolute atomic E-state index is 0.716. The molecular formula is C7H13N3OS. The Hall–Kier alpha value is -0.550. The van der Waals surface area contributed by atoms with E-state index in [4.69, 9.17) is 4.52 Å². The molecule has 68 valence electrons. The lowest BCUT2D eigenvalue weighted by molar-refractivity contribution is 0.384. The summed E-state index contributed by atoms with van der Waals surface area (Å²) in [4.78, 5) is 4.20. The molecule has 12 heavy (non-hydrogen) atoms. The fourth-order valence-corrected chi connectivity index (χ4v) is 1.17. The van der Waals surface area contributed by atoms with E-state index in [2.05, 4.69) is 15.5 Å². The van der Waals surface area contributed by atoms with Gasteiger partial charge in [-0.15, -0.1) is 0 Å². The Kier molecular flexibility index (Phi) is 4.10. The minimum atomic E-state index is 0.716. The van der Waals surface area contributed by atoms with Crippen molar-refractivity contribution in [2.75, 3.05) is 19.8 Å². The molecule has 1 aromatic heterocycles. The Morgan fingerprint density at radius 2 is 2.42 bits per heavy atom. The van der Waals surface area contributed by atoms with Gasteiger partial charge in [0.05, 0.1) is 5.75 Å². The van der Waals surface area contributed by atoms with Gasteiger partial charge in [-0.1, -0.05) is 5.16 Å². The number of nitrogens with one attached hydrogen (secondary N) is 1. The second kappa shape index (κ2) is 5.16. The number of thioether (sulfide) groups is 1. The van der Waals surface area contributed by atoms with E-state index in [9.17, 15) is 0 Å². The van der Waals surface area contributed by atoms with E-state index < -0.39 is 0 Å². The van der Waals surface area contributed by atoms with Crippen LogP contribution < -0.4 is 5.32 Å². The summed E-state index contributed by atoms with van der Waals surface area (Å²) >= 11 is 1.68. The first-order valence-electron chi connectivity index (χ1n) is 3.82. The Bertz CT molecular complexity index is 226. The second-order valence-corrected chi connectivity index (χ2v) is 3.26. The number of hydrogen-bond donors (Lipinski definition) is 1. The predicted molar refractivity (Wildman–Crippen MR) is 49.1 cm³/mol. The topological polar surface area (TPSA) is 51.0 Å². The van der Waals surface area contributed by atoms with Gasteiger partial charge in [-0.05, 0) is 13.3 Å². The van der Waals surface area contributed by atoms with E-state index in [1.54, 1.807) is 11.8 Å². The summed E-state index contributed by atoms with van der Waals surface area (Å²) in [7, 11) is 1.91. The van der Waals surface area contributed by atoms with Crippen LogP contribution in [0.2, 0.25) is 0 Å². The SMILES string of the molecule is CNCCc1noc(CSC)n1. The molecule has 5 heteroatoms. The fourth-order valence-electron chi connectivity index (χ4n) is 0.811. The molecule has 4 nitrogen and oxygen atoms in total. The smallest absolute Gasteiger partial charge is 0.236 e. The molecule has 1 aromatic rings. The lowest BCUT2D eigenvalue weighted by Gasteiger charge is -1.90. The highest BCUT2D eigenvalue weighted by atomic mass is 32.2. The zero-order chi connectivity index (χ0) is 8.81. The van der Waals surface area contributed by atoms with E-state index in [0.717, 1.165) is 24.5 Å². The second-order valence-electron chi connectivity index (χ2n) is 2.39. The summed E-state index contributed by atoms with van der Waals surface area (Å²) in [5, 5.41) is 6.86. The van der Waals surface area contributed by atoms with Crippen molar-refractivity contribution in [3.63, 3.8) is 0 Å². The third-order valence-corrected chi connectivity index (χ3v) is 1.91. The molecule has 0 aliphatic carbocycles. The normalized spacial score (nSPS) is 10.5. The molecule has 0 radical (unpaired) electrons. The minimum Gasteiger partial charge on any atom is -0.338 e. The van der Waals surface area contributed by atoms with Crippen molar-refractivity contribution in [1.82, 2.24) is 15.5 Å². The Balaban J connectivity index is 2.41. The van der Waals surface area contributed by atoms with Gasteiger partial charge in [0, 0.05) is 13.0 Å². The molecule has 0 amide bonds. The summed E-state index contributed by atoms with van der Waals surface area (Å²) in [5.74, 6) is 2.30. The molecule has 1 N–H and O–H groups in total. The van der Waals surface area contributed by atoms with Crippen molar-refractivity contribution in [2.45, 2.75) is 12.2 Å². The van der Waals surface area contributed by atoms with Crippen molar-refractivity contribution >= 4 is 11.8 Å². The zero-order valence-electron chi connectivity index (χ0n) is 7.33. The molecule has 0 bridgehead atoms. The molecule has 0 atom stereocenters. The maximum Gasteiger partial charge on any atom is 0.236 e. The highest BCUT2D eigenvalue weighted by molar-refractivity contribution is 7.97. The molecule has 0 saturated heterocycles. The van der Waals surface area contributed by atoms with E-state index in [1.807, 2.05) is 13.3 Å². The van der Waals surface area contributed by atoms with Crippen LogP contribution in [-0.2, 0) is 12.2 Å². The molecular weight excluding hydrogens is 174 g/mol. The van der Waals surface area contributed by atoms with Crippen LogP contribution in [0.3, 0.4) is 0 Å². The first-order valence-corrected chi connectivity index (χ1v) is 5.21. The van der Waals surface area contributed by atoms with E-state index in [-0.39, 0.29) is 0 Å². The molecule has 1 rings (SSSR count). The van der Waals surface area contributed by atoms with Gasteiger partial charge in [-0.2, -0.15) is 16.7 Å². The van der Waals surface area contributed by atoms with Gasteiger partial charge in [0.1, 0.15) is 0 Å². The van der Waals surface area contributed by atoms with Crippen molar-refractivity contribution in [3.05, 3.63) is 11.7 Å². The van der Waals surface area contributed by atoms with Gasteiger partial charge < -0.3 is 9.84 Å². The molecule has 0 aliphatic heterocycles. The fraction of sp³-hybridized carbons (Fsp3) is 0.714. The van der Waals surface area contributed by atoms with Gasteiger partial charge in [0.25, 0.3) is 0 Å². The van der Waals surface area contributed by atoms with Crippen LogP contribution in [0.1, 0.15) is 11.7 Å². The van der Waals surface area contributed by atoms with Crippen LogP contribution in [0.15, 0.2) is 4.52 Å². The summed E-state index contributed by atoms with van der Waals surface area (Å²) < 4.78 is 4.99. The van der Waals surface area contributed by atoms with E-state index in [0.29, 0.717) is 5.89 Å². The molecule has 0 spiro atoms. The van der Waals surface area contributed by atoms with E-state index in [1.165, 1.54) is 0 Å². The van der Waals surface area contributed by atoms with Crippen LogP contribution in [0.4, 0.5) is 0 Å². The van der Waals surface area contributed by atoms with Crippen molar-refractivity contribution in [3.8, 4) is 0 Å². The average Bonchev–Trinajstić information content (AvgIpc) is 2.50. The van der Waals surface area contributed by atoms with Gasteiger partial charge in [-0.3, -0.25) is 0 Å². The van der Waals surface area contributed by atoms with Crippen LogP contribution in [-0.4, -0.2) is 30.0 Å². The standard InChI is InChI=1S/C7H13N3OS/c1-8-4-3-6-9-7(5-12-2)11-10-6/h8H,3-5H2,1-2H3. The molecule has 0 aliphatic rings. The van der Waals surface area contributed by atoms with Gasteiger partial charge in [-0.25, -0.2) is 0 Å². The maximum atomic E-state index is 4.99. The highest BCUT2D eigenvalue weighted by Crippen LogP contribution is 2.06. The van der Waals surface area contributed by atoms with Crippen molar-refractivity contribution < 1.29 is 4.52 Å². The summed E-state index contributed by atoms with van der Waals surface area (Å²) in [6.45, 7) is 0.887. The molecule has 0 unspecified atom stereocenters. The third kappa shape index (κ3) is 2.83. The van der Waals surface area contributed by atoms with Crippen LogP contribution >= 0.6 is 11.8 Å². The summed E-state index contributed by atoms with van der Waals surface area (Å²) in [6, 6.07) is 0. The van der Waals surface area contributed by atoms with Crippen LogP contribution in [0.25, 0.3) is 0 Å². The van der Waals surface area contributed by atoms with Gasteiger partial charge in [0.15, 0.2) is 5.82 Å². The van der Waals surface area contributed by atoms with Crippen LogP contribution in [0, 0.1) is 0 Å². The van der Waals surface area contributed by atoms with Gasteiger partial charge >= 0.3 is 0 Å². The quantitative estimate of drug-likeness (QED) is 0.735. The first kappa shape index (κ1) is 9.54. The predicted octanol–water partition coefficient (Wildman–Crippen LogP) is 0.694. The summed E-state index contributed by atoms with van der Waals surface area (Å²) in [5.41, 5.74) is 0. The van der Waals surface area contributed by atoms with Crippen molar-refractivity contribution in [2.24, 2.45) is 0 Å². The Labute approximate surface area is 76.1 Å². The zero-order valence-corrected chi connectivity index (χ0v) is 8.15. The Morgan fingerprint density at radius 3 is 3.08 bits per heavy atom. The monoisotopic (exact) mass is 187 g/mol. The van der Waals surface area contributed by atoms with E-state index >= 15 is 0 Å². The lowest BCUT2D eigenvalue weighted by atomic mass is 10.4. The number of aromatic nitrogens is 2. The number of nitrogens with zero attached hydrogens (tertiary/aromatic N) is 2. The maximum absolute atomic E-state index is 4.99. The Morgan fingerprint density at radius 1 is 1.58 bits per heavy atom. The lowest BCUT2D eigenvalue weighted by Crippen LogP contribution is -2.11. The number of hydrogen-bond acceptors (Lipinski definition) is 5. The highest BCUT2D eigenvalue weighted by Gasteiger charge is 2.03. The molecule has 0 saturated carbocycles. The molecule has 0 aromatic carbocycles. The van der Waals surface area contributed by atoms with Crippen LogP contribution in [0.5, 0.6) is 0 Å². The average molecular weight is 187 g/mol. The first-order chi connectivity index (χ1) is 5.86. The third-order valence-electron chi connectivity index (χ3n) is 1.38. The van der Waals surface area contributed by atoms with Gasteiger partial charge in [0.2, 0.25) is 5.89 Å². The largest absolute Gasteiger partial charge is 0.338 e. The van der Waals surface area contributed by atoms with Crippen molar-refractivity contribution in [1.29, 1.82) is 0 Å². The molecule has 0 fully saturated rings. The number of rotatable bonds is 5.